The smallest absolute Gasteiger partial charge is 0.312 e. The van der Waals surface area contributed by atoms with Crippen LogP contribution in [0.15, 0.2) is 45.3 Å². The first kappa shape index (κ1) is 13.9. The minimum atomic E-state index is -0.497. The first-order chi connectivity index (χ1) is 10.6. The van der Waals surface area contributed by atoms with E-state index in [0.29, 0.717) is 10.7 Å². The zero-order valence-electron chi connectivity index (χ0n) is 10.9. The maximum Gasteiger partial charge on any atom is 0.312 e. The summed E-state index contributed by atoms with van der Waals surface area (Å²) >= 11 is 1.34. The van der Waals surface area contributed by atoms with Gasteiger partial charge in [-0.15, -0.1) is 11.3 Å². The number of nitrogens with zero attached hydrogens (tertiary/aromatic N) is 4. The zero-order chi connectivity index (χ0) is 15.5. The lowest BCUT2D eigenvalue weighted by molar-refractivity contribution is -0.384. The van der Waals surface area contributed by atoms with Crippen LogP contribution in [0.1, 0.15) is 5.69 Å². The molecule has 9 heteroatoms. The van der Waals surface area contributed by atoms with Gasteiger partial charge in [0.15, 0.2) is 5.69 Å². The molecule has 0 saturated heterocycles. The maximum atomic E-state index is 10.6. The lowest BCUT2D eigenvalue weighted by atomic mass is 10.2. The van der Waals surface area contributed by atoms with E-state index in [1.54, 1.807) is 11.6 Å². The highest BCUT2D eigenvalue weighted by atomic mass is 32.1. The largest absolute Gasteiger partial charge is 0.479 e. The van der Waals surface area contributed by atoms with E-state index in [4.69, 9.17) is 4.42 Å². The standard InChI is InChI=1S/C13H8N4O4S/c18-12-10(7-15-13-14-5-6-22-13)16-11(21-12)8-1-3-9(4-2-8)17(19)20/h1-7,18H/b15-7+. The first-order valence-electron chi connectivity index (χ1n) is 6.01. The minimum Gasteiger partial charge on any atom is -0.479 e. The lowest BCUT2D eigenvalue weighted by Crippen LogP contribution is -1.87. The highest BCUT2D eigenvalue weighted by molar-refractivity contribution is 7.13. The van der Waals surface area contributed by atoms with Crippen LogP contribution in [-0.4, -0.2) is 26.2 Å². The summed E-state index contributed by atoms with van der Waals surface area (Å²) in [6.45, 7) is 0. The van der Waals surface area contributed by atoms with Crippen molar-refractivity contribution in [1.82, 2.24) is 9.97 Å². The Balaban J connectivity index is 1.86. The number of hydrogen-bond acceptors (Lipinski definition) is 8. The van der Waals surface area contributed by atoms with E-state index in [-0.39, 0.29) is 23.2 Å². The van der Waals surface area contributed by atoms with Gasteiger partial charge in [0.05, 0.1) is 11.1 Å². The van der Waals surface area contributed by atoms with E-state index in [9.17, 15) is 15.2 Å². The normalized spacial score (nSPS) is 11.1. The predicted octanol–water partition coefficient (Wildman–Crippen LogP) is 3.16. The monoisotopic (exact) mass is 316 g/mol. The van der Waals surface area contributed by atoms with Gasteiger partial charge in [0.25, 0.3) is 5.69 Å². The van der Waals surface area contributed by atoms with Crippen molar-refractivity contribution in [2.24, 2.45) is 4.99 Å². The van der Waals surface area contributed by atoms with Crippen molar-refractivity contribution >= 4 is 28.4 Å². The third-order valence-corrected chi connectivity index (χ3v) is 3.36. The molecule has 2 aromatic heterocycles. The number of aromatic nitrogens is 2. The Morgan fingerprint density at radius 1 is 1.36 bits per heavy atom. The molecule has 0 unspecified atom stereocenters. The third-order valence-electron chi connectivity index (χ3n) is 2.68. The minimum absolute atomic E-state index is 0.0370. The van der Waals surface area contributed by atoms with Crippen LogP contribution in [0.5, 0.6) is 5.95 Å². The molecule has 8 nitrogen and oxygen atoms in total. The van der Waals surface area contributed by atoms with Crippen LogP contribution in [-0.2, 0) is 0 Å². The molecule has 0 radical (unpaired) electrons. The molecule has 0 saturated carbocycles. The van der Waals surface area contributed by atoms with Crippen LogP contribution >= 0.6 is 11.3 Å². The molecule has 0 aliphatic heterocycles. The van der Waals surface area contributed by atoms with Crippen molar-refractivity contribution < 1.29 is 14.4 Å². The predicted molar refractivity (Wildman–Crippen MR) is 79.6 cm³/mol. The average Bonchev–Trinajstić information content (AvgIpc) is 3.15. The number of nitro benzene ring substituents is 1. The maximum absolute atomic E-state index is 10.6. The molecule has 0 fully saturated rings. The van der Waals surface area contributed by atoms with Crippen LogP contribution in [0.25, 0.3) is 11.5 Å². The molecular formula is C13H8N4O4S. The van der Waals surface area contributed by atoms with Crippen molar-refractivity contribution in [1.29, 1.82) is 0 Å². The quantitative estimate of drug-likeness (QED) is 0.449. The van der Waals surface area contributed by atoms with Gasteiger partial charge in [-0.1, -0.05) is 0 Å². The molecule has 0 spiro atoms. The Labute approximate surface area is 127 Å². The van der Waals surface area contributed by atoms with Crippen molar-refractivity contribution in [3.05, 3.63) is 51.7 Å². The number of nitro groups is 1. The summed E-state index contributed by atoms with van der Waals surface area (Å²) < 4.78 is 5.14. The molecule has 0 aliphatic carbocycles. The Hall–Kier alpha value is -3.07. The second-order valence-electron chi connectivity index (χ2n) is 4.09. The fourth-order valence-corrected chi connectivity index (χ4v) is 2.13. The van der Waals surface area contributed by atoms with E-state index in [0.717, 1.165) is 0 Å². The van der Waals surface area contributed by atoms with Crippen molar-refractivity contribution in [2.75, 3.05) is 0 Å². The molecule has 0 amide bonds. The number of non-ortho nitro benzene ring substituents is 1. The van der Waals surface area contributed by atoms with E-state index < -0.39 is 4.92 Å². The van der Waals surface area contributed by atoms with Crippen LogP contribution in [0.3, 0.4) is 0 Å². The third kappa shape index (κ3) is 2.83. The van der Waals surface area contributed by atoms with Gasteiger partial charge in [-0.3, -0.25) is 10.1 Å². The molecule has 0 aliphatic rings. The SMILES string of the molecule is O=[N+]([O-])c1ccc(-c2nc(/C=N/c3nccs3)c(O)o2)cc1. The summed E-state index contributed by atoms with van der Waals surface area (Å²) in [6, 6.07) is 5.65. The van der Waals surface area contributed by atoms with Crippen LogP contribution in [0.2, 0.25) is 0 Å². The summed E-state index contributed by atoms with van der Waals surface area (Å²) in [5, 5.41) is 22.6. The lowest BCUT2D eigenvalue weighted by Gasteiger charge is -1.94. The molecule has 3 aromatic rings. The summed E-state index contributed by atoms with van der Waals surface area (Å²) in [4.78, 5) is 22.2. The Kier molecular flexibility index (Phi) is 3.62. The number of aliphatic imine (C=N–C) groups is 1. The highest BCUT2D eigenvalue weighted by Crippen LogP contribution is 2.27. The average molecular weight is 316 g/mol. The molecule has 3 rings (SSSR count). The van der Waals surface area contributed by atoms with E-state index in [2.05, 4.69) is 15.0 Å². The van der Waals surface area contributed by atoms with Crippen LogP contribution in [0, 0.1) is 10.1 Å². The Morgan fingerprint density at radius 2 is 2.14 bits per heavy atom. The van der Waals surface area contributed by atoms with E-state index in [1.165, 1.54) is 41.8 Å². The molecule has 1 N–H and O–H groups in total. The van der Waals surface area contributed by atoms with Gasteiger partial charge in [0.1, 0.15) is 0 Å². The number of benzene rings is 1. The second kappa shape index (κ2) is 5.74. The summed E-state index contributed by atoms with van der Waals surface area (Å²) in [5.74, 6) is -0.235. The van der Waals surface area contributed by atoms with Gasteiger partial charge in [-0.2, -0.15) is 0 Å². The molecule has 0 bridgehead atoms. The molecular weight excluding hydrogens is 308 g/mol. The van der Waals surface area contributed by atoms with Gasteiger partial charge in [0, 0.05) is 29.3 Å². The number of aromatic hydroxyl groups is 1. The highest BCUT2D eigenvalue weighted by Gasteiger charge is 2.14. The molecule has 2 heterocycles. The number of hydrogen-bond donors (Lipinski definition) is 1. The van der Waals surface area contributed by atoms with Crippen molar-refractivity contribution in [3.8, 4) is 17.4 Å². The molecule has 1 aromatic carbocycles. The number of thiazole rings is 1. The topological polar surface area (TPSA) is 115 Å². The second-order valence-corrected chi connectivity index (χ2v) is 4.96. The van der Waals surface area contributed by atoms with Crippen LogP contribution < -0.4 is 0 Å². The van der Waals surface area contributed by atoms with E-state index >= 15 is 0 Å². The fraction of sp³-hybridized carbons (Fsp3) is 0. The van der Waals surface area contributed by atoms with Gasteiger partial charge in [-0.05, 0) is 12.1 Å². The van der Waals surface area contributed by atoms with Gasteiger partial charge < -0.3 is 9.52 Å². The first-order valence-corrected chi connectivity index (χ1v) is 6.89. The summed E-state index contributed by atoms with van der Waals surface area (Å²) in [5.41, 5.74) is 0.628. The summed E-state index contributed by atoms with van der Waals surface area (Å²) in [7, 11) is 0. The Morgan fingerprint density at radius 3 is 2.77 bits per heavy atom. The van der Waals surface area contributed by atoms with Gasteiger partial charge in [0.2, 0.25) is 11.0 Å². The molecule has 0 atom stereocenters. The molecule has 110 valence electrons. The number of rotatable bonds is 4. The number of oxazole rings is 1. The Bertz CT molecular complexity index is 824. The van der Waals surface area contributed by atoms with E-state index in [1.807, 2.05) is 0 Å². The van der Waals surface area contributed by atoms with Crippen molar-refractivity contribution in [3.63, 3.8) is 0 Å². The summed E-state index contributed by atoms with van der Waals surface area (Å²) in [6.07, 6.45) is 2.95. The molecule has 22 heavy (non-hydrogen) atoms. The van der Waals surface area contributed by atoms with Crippen LogP contribution in [0.4, 0.5) is 10.8 Å². The van der Waals surface area contributed by atoms with Gasteiger partial charge in [-0.25, -0.2) is 15.0 Å². The fourth-order valence-electron chi connectivity index (χ4n) is 1.65. The van der Waals surface area contributed by atoms with Crippen molar-refractivity contribution in [2.45, 2.75) is 0 Å². The van der Waals surface area contributed by atoms with Gasteiger partial charge >= 0.3 is 5.95 Å². The zero-order valence-corrected chi connectivity index (χ0v) is 11.7.